The predicted octanol–water partition coefficient (Wildman–Crippen LogP) is 5.95. The lowest BCUT2D eigenvalue weighted by Crippen LogP contribution is -2.36. The van der Waals surface area contributed by atoms with E-state index in [-0.39, 0.29) is 12.5 Å². The topological polar surface area (TPSA) is 87.3 Å². The van der Waals surface area contributed by atoms with E-state index in [9.17, 15) is 30.8 Å². The van der Waals surface area contributed by atoms with Gasteiger partial charge in [0.1, 0.15) is 5.82 Å². The minimum atomic E-state index is -4.73. The van der Waals surface area contributed by atoms with Crippen LogP contribution >= 0.6 is 0 Å². The molecule has 0 spiro atoms. The molecule has 42 heavy (non-hydrogen) atoms. The molecule has 5 rings (SSSR count). The highest BCUT2D eigenvalue weighted by Crippen LogP contribution is 2.33. The smallest absolute Gasteiger partial charge is 0.349 e. The van der Waals surface area contributed by atoms with Gasteiger partial charge in [-0.2, -0.15) is 13.2 Å². The molecule has 1 fully saturated rings. The molecule has 2 aliphatic carbocycles. The number of aryl methyl sites for hydroxylation is 1. The summed E-state index contributed by atoms with van der Waals surface area (Å²) in [4.78, 5) is 12.7. The van der Waals surface area contributed by atoms with E-state index < -0.39 is 44.4 Å². The molecular formula is C31H33F4N3O3S. The zero-order valence-corrected chi connectivity index (χ0v) is 23.7. The minimum absolute atomic E-state index is 0.260. The first-order chi connectivity index (χ1) is 20.0. The van der Waals surface area contributed by atoms with Crippen molar-refractivity contribution in [2.75, 3.05) is 6.54 Å². The average molecular weight is 604 g/mol. The van der Waals surface area contributed by atoms with Gasteiger partial charge in [-0.1, -0.05) is 36.4 Å². The van der Waals surface area contributed by atoms with Crippen molar-refractivity contribution in [2.45, 2.75) is 68.2 Å². The molecule has 6 nitrogen and oxygen atoms in total. The van der Waals surface area contributed by atoms with Crippen molar-refractivity contribution in [3.63, 3.8) is 0 Å². The maximum Gasteiger partial charge on any atom is 0.416 e. The van der Waals surface area contributed by atoms with Crippen LogP contribution in [0.5, 0.6) is 0 Å². The van der Waals surface area contributed by atoms with Gasteiger partial charge in [-0.05, 0) is 97.2 Å². The molecule has 0 heterocycles. The standard InChI is InChI=1S/C31H33F4N3O3S/c32-25-12-10-22(11-13-25)29(38-42(40,41)26-5-2-4-24(16-26)31(33,34)35)17-30(39)37-28-6-1-3-23-15-21(9-14-27(23)28)19-36-18-20-7-8-20/h2,4-5,9-16,20,28-29,36,38H,1,3,6-8,17-19H2,(H,37,39). The Bertz CT molecular complexity index is 1520. The number of carbonyl (C=O) groups is 1. The number of fused-ring (bicyclic) bond motifs is 1. The van der Waals surface area contributed by atoms with Crippen molar-refractivity contribution in [2.24, 2.45) is 5.92 Å². The molecule has 0 saturated heterocycles. The third kappa shape index (κ3) is 7.76. The van der Waals surface area contributed by atoms with Gasteiger partial charge in [-0.25, -0.2) is 17.5 Å². The maximum atomic E-state index is 13.6. The molecule has 3 N–H and O–H groups in total. The van der Waals surface area contributed by atoms with Gasteiger partial charge < -0.3 is 10.6 Å². The highest BCUT2D eigenvalue weighted by Gasteiger charge is 2.33. The lowest BCUT2D eigenvalue weighted by molar-refractivity contribution is -0.137. The Kier molecular flexibility index (Phi) is 9.00. The number of hydrogen-bond donors (Lipinski definition) is 3. The van der Waals surface area contributed by atoms with Gasteiger partial charge in [-0.15, -0.1) is 0 Å². The average Bonchev–Trinajstić information content (AvgIpc) is 3.77. The molecule has 0 radical (unpaired) electrons. The van der Waals surface area contributed by atoms with Crippen LogP contribution in [-0.2, 0) is 34.0 Å². The summed E-state index contributed by atoms with van der Waals surface area (Å²) in [7, 11) is -4.47. The second-order valence-corrected chi connectivity index (χ2v) is 12.8. The summed E-state index contributed by atoms with van der Waals surface area (Å²) in [5.74, 6) is -0.205. The lowest BCUT2D eigenvalue weighted by Gasteiger charge is -2.28. The van der Waals surface area contributed by atoms with Gasteiger partial charge in [0.05, 0.1) is 22.5 Å². The maximum absolute atomic E-state index is 13.6. The van der Waals surface area contributed by atoms with E-state index in [1.54, 1.807) is 0 Å². The molecule has 0 bridgehead atoms. The number of alkyl halides is 3. The second kappa shape index (κ2) is 12.5. The fourth-order valence-corrected chi connectivity index (χ4v) is 6.60. The van der Waals surface area contributed by atoms with Gasteiger partial charge >= 0.3 is 6.18 Å². The Morgan fingerprint density at radius 2 is 1.74 bits per heavy atom. The fraction of sp³-hybridized carbons (Fsp3) is 0.387. The van der Waals surface area contributed by atoms with E-state index in [0.29, 0.717) is 11.6 Å². The third-order valence-electron chi connectivity index (χ3n) is 7.75. The molecule has 3 aromatic rings. The van der Waals surface area contributed by atoms with Crippen molar-refractivity contribution < 1.29 is 30.8 Å². The number of hydrogen-bond acceptors (Lipinski definition) is 4. The Labute approximate surface area is 243 Å². The van der Waals surface area contributed by atoms with Crippen molar-refractivity contribution in [3.8, 4) is 0 Å². The Balaban J connectivity index is 1.31. The van der Waals surface area contributed by atoms with Crippen LogP contribution in [0.15, 0.2) is 71.6 Å². The van der Waals surface area contributed by atoms with Crippen LogP contribution in [0, 0.1) is 11.7 Å². The quantitative estimate of drug-likeness (QED) is 0.237. The van der Waals surface area contributed by atoms with Gasteiger partial charge in [-0.3, -0.25) is 4.79 Å². The summed E-state index contributed by atoms with van der Waals surface area (Å²) in [6, 6.07) is 13.2. The molecular weight excluding hydrogens is 570 g/mol. The second-order valence-electron chi connectivity index (χ2n) is 11.1. The number of carbonyl (C=O) groups excluding carboxylic acids is 1. The zero-order chi connectivity index (χ0) is 29.9. The Morgan fingerprint density at radius 1 is 0.976 bits per heavy atom. The van der Waals surface area contributed by atoms with Gasteiger partial charge in [0.25, 0.3) is 0 Å². The highest BCUT2D eigenvalue weighted by atomic mass is 32.2. The van der Waals surface area contributed by atoms with Crippen LogP contribution < -0.4 is 15.4 Å². The van der Waals surface area contributed by atoms with E-state index in [1.807, 2.05) is 12.1 Å². The summed E-state index contributed by atoms with van der Waals surface area (Å²) in [6.45, 7) is 1.80. The summed E-state index contributed by atoms with van der Waals surface area (Å²) in [5, 5.41) is 6.51. The van der Waals surface area contributed by atoms with Crippen LogP contribution in [0.4, 0.5) is 17.6 Å². The van der Waals surface area contributed by atoms with Gasteiger partial charge in [0.15, 0.2) is 0 Å². The lowest BCUT2D eigenvalue weighted by atomic mass is 9.86. The van der Waals surface area contributed by atoms with Crippen LogP contribution in [0.25, 0.3) is 0 Å². The Hall–Kier alpha value is -3.28. The number of sulfonamides is 1. The van der Waals surface area contributed by atoms with E-state index in [1.165, 1.54) is 30.5 Å². The van der Waals surface area contributed by atoms with Crippen molar-refractivity contribution in [1.29, 1.82) is 0 Å². The first-order valence-corrected chi connectivity index (χ1v) is 15.5. The number of halogens is 4. The minimum Gasteiger partial charge on any atom is -0.349 e. The molecule has 0 aromatic heterocycles. The SMILES string of the molecule is O=C(CC(NS(=O)(=O)c1cccc(C(F)(F)F)c1)c1ccc(F)cc1)NC1CCCc2cc(CNCC3CC3)ccc21. The Morgan fingerprint density at radius 3 is 2.45 bits per heavy atom. The normalized spacial score (nSPS) is 17.9. The third-order valence-corrected chi connectivity index (χ3v) is 9.22. The summed E-state index contributed by atoms with van der Waals surface area (Å²) in [5.41, 5.74) is 2.55. The van der Waals surface area contributed by atoms with Crippen molar-refractivity contribution in [1.82, 2.24) is 15.4 Å². The number of amides is 1. The summed E-state index contributed by atoms with van der Waals surface area (Å²) >= 11 is 0. The van der Waals surface area contributed by atoms with Crippen LogP contribution in [0.2, 0.25) is 0 Å². The zero-order valence-electron chi connectivity index (χ0n) is 22.9. The fourth-order valence-electron chi connectivity index (χ4n) is 5.33. The van der Waals surface area contributed by atoms with E-state index in [0.717, 1.165) is 79.7 Å². The molecule has 224 valence electrons. The van der Waals surface area contributed by atoms with Gasteiger partial charge in [0, 0.05) is 13.0 Å². The number of benzene rings is 3. The highest BCUT2D eigenvalue weighted by molar-refractivity contribution is 7.89. The van der Waals surface area contributed by atoms with E-state index in [4.69, 9.17) is 0 Å². The summed E-state index contributed by atoms with van der Waals surface area (Å²) < 4.78 is 82.0. The predicted molar refractivity (Wildman–Crippen MR) is 150 cm³/mol. The molecule has 3 aromatic carbocycles. The largest absolute Gasteiger partial charge is 0.416 e. The first kappa shape index (κ1) is 30.2. The van der Waals surface area contributed by atoms with Crippen molar-refractivity contribution in [3.05, 3.63) is 100 Å². The molecule has 1 amide bonds. The molecule has 1 saturated carbocycles. The first-order valence-electron chi connectivity index (χ1n) is 14.0. The van der Waals surface area contributed by atoms with Crippen molar-refractivity contribution >= 4 is 15.9 Å². The summed E-state index contributed by atoms with van der Waals surface area (Å²) in [6.07, 6.45) is -0.00581. The van der Waals surface area contributed by atoms with Crippen LogP contribution in [-0.4, -0.2) is 20.9 Å². The number of rotatable bonds is 11. The monoisotopic (exact) mass is 603 g/mol. The number of nitrogens with one attached hydrogen (secondary N) is 3. The molecule has 2 unspecified atom stereocenters. The molecule has 11 heteroatoms. The van der Waals surface area contributed by atoms with Crippen LogP contribution in [0.3, 0.4) is 0 Å². The van der Waals surface area contributed by atoms with Crippen LogP contribution in [0.1, 0.15) is 72.0 Å². The van der Waals surface area contributed by atoms with E-state index in [2.05, 4.69) is 21.4 Å². The van der Waals surface area contributed by atoms with E-state index >= 15 is 0 Å². The molecule has 2 atom stereocenters. The molecule has 2 aliphatic rings. The molecule has 0 aliphatic heterocycles. The van der Waals surface area contributed by atoms with Gasteiger partial charge in [0.2, 0.25) is 15.9 Å².